The minimum atomic E-state index is 0.281. The molecule has 5 rings (SSSR count). The van der Waals surface area contributed by atoms with Crippen molar-refractivity contribution >= 4 is 11.9 Å². The quantitative estimate of drug-likeness (QED) is 0.460. The number of fused-ring (bicyclic) bond motifs is 1. The van der Waals surface area contributed by atoms with Crippen LogP contribution in [0.2, 0.25) is 0 Å². The summed E-state index contributed by atoms with van der Waals surface area (Å²) in [6.07, 6.45) is 16.5. The molecule has 2 aromatic rings. The lowest BCUT2D eigenvalue weighted by Crippen LogP contribution is -2.50. The number of hydrogen-bond donors (Lipinski definition) is 1. The van der Waals surface area contributed by atoms with Crippen molar-refractivity contribution in [3.8, 4) is 17.7 Å². The summed E-state index contributed by atoms with van der Waals surface area (Å²) in [4.78, 5) is 13.9. The molecule has 0 radical (unpaired) electrons. The van der Waals surface area contributed by atoms with Gasteiger partial charge in [-0.05, 0) is 81.7 Å². The zero-order valence-corrected chi connectivity index (χ0v) is 24.4. The maximum absolute atomic E-state index is 10.2. The number of nitrogens with zero attached hydrogens (tertiary/aromatic N) is 5. The summed E-state index contributed by atoms with van der Waals surface area (Å²) in [6.45, 7) is 11.1. The van der Waals surface area contributed by atoms with E-state index in [1.54, 1.807) is 0 Å². The number of allylic oxidation sites excluding steroid dienone is 3. The van der Waals surface area contributed by atoms with Crippen LogP contribution < -0.4 is 10.1 Å². The molecule has 210 valence electrons. The molecule has 7 heteroatoms. The molecule has 1 fully saturated rings. The summed E-state index contributed by atoms with van der Waals surface area (Å²) in [6, 6.07) is 6.99. The van der Waals surface area contributed by atoms with Crippen molar-refractivity contribution in [3.63, 3.8) is 0 Å². The van der Waals surface area contributed by atoms with Gasteiger partial charge in [0.15, 0.2) is 11.4 Å². The Kier molecular flexibility index (Phi) is 8.98. The molecular weight excluding hydrogens is 496 g/mol. The standard InChI is InChI=1S/C33H42N6O/c1-5-27-28-20-23(2)8-6-10-25(28)12-15-31(27)40-33-29(21-34)32(35-22-36-33)37-26-11-7-9-24(3)30(14-13-26)39-18-16-38(4)17-19-39/h7,11-13,15,20,22,24,30H,5-6,8-10,14,16-19H2,1-4H3,(H,35,36,37). The van der Waals surface area contributed by atoms with Gasteiger partial charge in [-0.2, -0.15) is 5.26 Å². The van der Waals surface area contributed by atoms with Gasteiger partial charge in [0.2, 0.25) is 5.88 Å². The van der Waals surface area contributed by atoms with Crippen molar-refractivity contribution in [1.29, 1.82) is 5.26 Å². The monoisotopic (exact) mass is 538 g/mol. The minimum absolute atomic E-state index is 0.281. The molecule has 0 bridgehead atoms. The second-order valence-electron chi connectivity index (χ2n) is 11.5. The molecule has 1 saturated heterocycles. The molecule has 7 nitrogen and oxygen atoms in total. The second-order valence-corrected chi connectivity index (χ2v) is 11.5. The van der Waals surface area contributed by atoms with E-state index in [0.717, 1.165) is 81.7 Å². The number of anilines is 1. The molecule has 0 amide bonds. The first-order valence-electron chi connectivity index (χ1n) is 14.8. The summed E-state index contributed by atoms with van der Waals surface area (Å²) >= 11 is 0. The van der Waals surface area contributed by atoms with E-state index < -0.39 is 0 Å². The van der Waals surface area contributed by atoms with Crippen LogP contribution in [0.5, 0.6) is 11.6 Å². The Morgan fingerprint density at radius 1 is 1.12 bits per heavy atom. The SMILES string of the molecule is CCc1c(Oc2ncnc(NC3=CCC(N4CCN(C)CC4)C(C)CC=C3)c2C#N)ccc2c1C=C(C)CCC2. The highest BCUT2D eigenvalue weighted by molar-refractivity contribution is 5.66. The van der Waals surface area contributed by atoms with Gasteiger partial charge in [0.05, 0.1) is 0 Å². The van der Waals surface area contributed by atoms with Crippen molar-refractivity contribution in [2.24, 2.45) is 5.92 Å². The van der Waals surface area contributed by atoms with Crippen LogP contribution in [-0.2, 0) is 12.8 Å². The first-order valence-corrected chi connectivity index (χ1v) is 14.8. The van der Waals surface area contributed by atoms with Crippen LogP contribution in [0.25, 0.3) is 6.08 Å². The topological polar surface area (TPSA) is 77.3 Å². The van der Waals surface area contributed by atoms with Gasteiger partial charge < -0.3 is 15.0 Å². The number of rotatable bonds is 6. The van der Waals surface area contributed by atoms with Gasteiger partial charge in [0, 0.05) is 43.5 Å². The van der Waals surface area contributed by atoms with Crippen molar-refractivity contribution in [2.45, 2.75) is 65.3 Å². The number of piperazine rings is 1. The average molecular weight is 539 g/mol. The van der Waals surface area contributed by atoms with Crippen LogP contribution in [0.1, 0.15) is 68.7 Å². The van der Waals surface area contributed by atoms with E-state index in [1.165, 1.54) is 23.0 Å². The van der Waals surface area contributed by atoms with E-state index in [9.17, 15) is 5.26 Å². The third-order valence-electron chi connectivity index (χ3n) is 8.61. The predicted octanol–water partition coefficient (Wildman–Crippen LogP) is 6.34. The summed E-state index contributed by atoms with van der Waals surface area (Å²) in [7, 11) is 2.20. The van der Waals surface area contributed by atoms with Crippen molar-refractivity contribution in [1.82, 2.24) is 19.8 Å². The van der Waals surface area contributed by atoms with Gasteiger partial charge in [-0.1, -0.05) is 43.7 Å². The van der Waals surface area contributed by atoms with Gasteiger partial charge in [-0.25, -0.2) is 9.97 Å². The van der Waals surface area contributed by atoms with Crippen molar-refractivity contribution in [2.75, 3.05) is 38.5 Å². The first kappa shape index (κ1) is 28.1. The molecule has 2 atom stereocenters. The van der Waals surface area contributed by atoms with Gasteiger partial charge in [0.25, 0.3) is 0 Å². The van der Waals surface area contributed by atoms with Crippen LogP contribution >= 0.6 is 0 Å². The molecule has 1 aliphatic heterocycles. The zero-order chi connectivity index (χ0) is 28.1. The highest BCUT2D eigenvalue weighted by Crippen LogP contribution is 2.36. The number of nitriles is 1. The molecule has 0 saturated carbocycles. The Morgan fingerprint density at radius 2 is 1.95 bits per heavy atom. The van der Waals surface area contributed by atoms with Gasteiger partial charge in [0.1, 0.15) is 18.1 Å². The van der Waals surface area contributed by atoms with Crippen LogP contribution in [0.4, 0.5) is 5.82 Å². The lowest BCUT2D eigenvalue weighted by atomic mass is 9.91. The first-order chi connectivity index (χ1) is 19.5. The molecule has 1 aromatic heterocycles. The summed E-state index contributed by atoms with van der Waals surface area (Å²) in [5.41, 5.74) is 6.43. The predicted molar refractivity (Wildman–Crippen MR) is 161 cm³/mol. The summed E-state index contributed by atoms with van der Waals surface area (Å²) < 4.78 is 6.37. The molecule has 1 aromatic carbocycles. The molecule has 2 unspecified atom stereocenters. The third kappa shape index (κ3) is 6.29. The van der Waals surface area contributed by atoms with Crippen LogP contribution in [-0.4, -0.2) is 59.0 Å². The Hall–Kier alpha value is -3.47. The van der Waals surface area contributed by atoms with Crippen LogP contribution in [0.15, 0.2) is 48.0 Å². The molecule has 0 spiro atoms. The maximum Gasteiger partial charge on any atom is 0.242 e. The van der Waals surface area contributed by atoms with E-state index in [-0.39, 0.29) is 5.88 Å². The number of ether oxygens (including phenoxy) is 1. The molecule has 1 N–H and O–H groups in total. The number of benzene rings is 1. The second kappa shape index (κ2) is 12.8. The number of nitrogens with one attached hydrogen (secondary N) is 1. The number of aryl methyl sites for hydroxylation is 1. The maximum atomic E-state index is 10.2. The third-order valence-corrected chi connectivity index (χ3v) is 8.61. The molecule has 2 aliphatic carbocycles. The summed E-state index contributed by atoms with van der Waals surface area (Å²) in [5.74, 6) is 2.08. The van der Waals surface area contributed by atoms with E-state index >= 15 is 0 Å². The fraction of sp³-hybridized carbons (Fsp3) is 0.485. The van der Waals surface area contributed by atoms with Crippen LogP contribution in [0, 0.1) is 17.2 Å². The summed E-state index contributed by atoms with van der Waals surface area (Å²) in [5, 5.41) is 13.6. The van der Waals surface area contributed by atoms with Crippen molar-refractivity contribution in [3.05, 3.63) is 70.2 Å². The normalized spacial score (nSPS) is 22.2. The highest BCUT2D eigenvalue weighted by Gasteiger charge is 2.27. The molecule has 3 aliphatic rings. The molecular formula is C33H42N6O. The molecule has 40 heavy (non-hydrogen) atoms. The number of hydrogen-bond acceptors (Lipinski definition) is 7. The largest absolute Gasteiger partial charge is 0.437 e. The zero-order valence-electron chi connectivity index (χ0n) is 24.4. The van der Waals surface area contributed by atoms with E-state index in [4.69, 9.17) is 4.74 Å². The van der Waals surface area contributed by atoms with Gasteiger partial charge >= 0.3 is 0 Å². The fourth-order valence-corrected chi connectivity index (χ4v) is 6.18. The Morgan fingerprint density at radius 3 is 2.73 bits per heavy atom. The van der Waals surface area contributed by atoms with Crippen LogP contribution in [0.3, 0.4) is 0 Å². The number of aromatic nitrogens is 2. The molecule has 2 heterocycles. The van der Waals surface area contributed by atoms with E-state index in [0.29, 0.717) is 23.3 Å². The Balaban J connectivity index is 1.38. The lowest BCUT2D eigenvalue weighted by molar-refractivity contribution is 0.0857. The van der Waals surface area contributed by atoms with Gasteiger partial charge in [-0.15, -0.1) is 0 Å². The van der Waals surface area contributed by atoms with E-state index in [2.05, 4.69) is 89.3 Å². The Labute approximate surface area is 239 Å². The highest BCUT2D eigenvalue weighted by atomic mass is 16.5. The minimum Gasteiger partial charge on any atom is -0.437 e. The fourth-order valence-electron chi connectivity index (χ4n) is 6.18. The average Bonchev–Trinajstić information content (AvgIpc) is 3.13. The van der Waals surface area contributed by atoms with Gasteiger partial charge in [-0.3, -0.25) is 4.90 Å². The Bertz CT molecular complexity index is 1350. The lowest BCUT2D eigenvalue weighted by Gasteiger charge is -2.40. The van der Waals surface area contributed by atoms with E-state index in [1.807, 2.05) is 6.07 Å². The number of likely N-dealkylation sites (N-methyl/N-ethyl adjacent to an activating group) is 1. The smallest absolute Gasteiger partial charge is 0.242 e. The van der Waals surface area contributed by atoms with Crippen molar-refractivity contribution < 1.29 is 4.74 Å².